The summed E-state index contributed by atoms with van der Waals surface area (Å²) in [6.45, 7) is 0. The summed E-state index contributed by atoms with van der Waals surface area (Å²) in [5, 5.41) is 28.2. The fourth-order valence-electron chi connectivity index (χ4n) is 2.29. The van der Waals surface area contributed by atoms with E-state index >= 15 is 0 Å². The van der Waals surface area contributed by atoms with E-state index in [1.54, 1.807) is 0 Å². The molecule has 0 aromatic heterocycles. The molecule has 2 unspecified atom stereocenters. The fourth-order valence-corrected chi connectivity index (χ4v) is 2.29. The number of phenolic OH excluding ortho intramolecular Hbond substituents is 1. The van der Waals surface area contributed by atoms with Crippen molar-refractivity contribution in [3.05, 3.63) is 17.2 Å². The first-order valence-corrected chi connectivity index (χ1v) is 6.65. The van der Waals surface area contributed by atoms with Crippen LogP contribution < -0.4 is 20.9 Å². The van der Waals surface area contributed by atoms with Gasteiger partial charge in [0, 0.05) is 18.2 Å². The molecule has 1 aromatic carbocycles. The highest BCUT2D eigenvalue weighted by Crippen LogP contribution is 2.44. The number of hydrogen-bond donors (Lipinski definition) is 5. The molecule has 0 saturated carbocycles. The molecule has 9 heteroatoms. The molecule has 0 amide bonds. The van der Waals surface area contributed by atoms with Crippen molar-refractivity contribution in [2.75, 3.05) is 14.2 Å². The number of nitrogens with two attached hydrogens (primary N) is 2. The average Bonchev–Trinajstić information content (AvgIpc) is 2.43. The largest absolute Gasteiger partial charge is 0.507 e. The molecule has 9 nitrogen and oxygen atoms in total. The lowest BCUT2D eigenvalue weighted by atomic mass is 9.94. The van der Waals surface area contributed by atoms with E-state index in [2.05, 4.69) is 0 Å². The Morgan fingerprint density at radius 1 is 1.00 bits per heavy atom. The van der Waals surface area contributed by atoms with Gasteiger partial charge < -0.3 is 36.3 Å². The van der Waals surface area contributed by atoms with Gasteiger partial charge in [0.25, 0.3) is 0 Å². The minimum atomic E-state index is -1.16. The Bertz CT molecular complexity index is 555. The second-order valence-electron chi connectivity index (χ2n) is 4.87. The van der Waals surface area contributed by atoms with Gasteiger partial charge in [-0.15, -0.1) is 0 Å². The van der Waals surface area contributed by atoms with Crippen LogP contribution in [0.2, 0.25) is 0 Å². The second-order valence-corrected chi connectivity index (χ2v) is 4.87. The summed E-state index contributed by atoms with van der Waals surface area (Å²) in [6, 6.07) is -0.748. The summed E-state index contributed by atoms with van der Waals surface area (Å²) in [5.74, 6) is -2.50. The average molecular weight is 328 g/mol. The minimum absolute atomic E-state index is 0.0338. The molecule has 1 aromatic rings. The summed E-state index contributed by atoms with van der Waals surface area (Å²) in [7, 11) is 2.64. The predicted octanol–water partition coefficient (Wildman–Crippen LogP) is 0.358. The van der Waals surface area contributed by atoms with Gasteiger partial charge in [-0.3, -0.25) is 9.59 Å². The molecule has 2 atom stereocenters. The first kappa shape index (κ1) is 18.5. The summed E-state index contributed by atoms with van der Waals surface area (Å²) in [5.41, 5.74) is 11.7. The molecule has 0 aliphatic rings. The number of methoxy groups -OCH3 is 2. The van der Waals surface area contributed by atoms with E-state index in [1.165, 1.54) is 20.3 Å². The number of phenols is 1. The van der Waals surface area contributed by atoms with Crippen molar-refractivity contribution in [1.29, 1.82) is 0 Å². The van der Waals surface area contributed by atoms with Crippen LogP contribution in [0.1, 0.15) is 36.1 Å². The van der Waals surface area contributed by atoms with Crippen LogP contribution in [0.5, 0.6) is 17.2 Å². The third-order valence-electron chi connectivity index (χ3n) is 3.27. The zero-order valence-electron chi connectivity index (χ0n) is 12.8. The molecule has 0 heterocycles. The van der Waals surface area contributed by atoms with Gasteiger partial charge >= 0.3 is 11.9 Å². The van der Waals surface area contributed by atoms with E-state index in [9.17, 15) is 14.7 Å². The van der Waals surface area contributed by atoms with E-state index in [4.69, 9.17) is 31.2 Å². The number of carboxylic acid groups (broad SMARTS) is 2. The molecule has 0 radical (unpaired) electrons. The van der Waals surface area contributed by atoms with Crippen LogP contribution in [0.15, 0.2) is 6.07 Å². The maximum absolute atomic E-state index is 10.9. The highest BCUT2D eigenvalue weighted by molar-refractivity contribution is 5.71. The molecule has 7 N–H and O–H groups in total. The van der Waals surface area contributed by atoms with E-state index in [-0.39, 0.29) is 22.6 Å². The van der Waals surface area contributed by atoms with Crippen molar-refractivity contribution in [2.45, 2.75) is 24.9 Å². The molecule has 0 aliphatic heterocycles. The van der Waals surface area contributed by atoms with Gasteiger partial charge in [-0.2, -0.15) is 0 Å². The monoisotopic (exact) mass is 328 g/mol. The van der Waals surface area contributed by atoms with Crippen LogP contribution in [0.3, 0.4) is 0 Å². The van der Waals surface area contributed by atoms with Crippen LogP contribution in [0.25, 0.3) is 0 Å². The van der Waals surface area contributed by atoms with Gasteiger partial charge in [-0.1, -0.05) is 0 Å². The van der Waals surface area contributed by atoms with Crippen LogP contribution in [-0.2, 0) is 9.59 Å². The van der Waals surface area contributed by atoms with Crippen molar-refractivity contribution in [2.24, 2.45) is 11.5 Å². The summed E-state index contributed by atoms with van der Waals surface area (Å²) in [4.78, 5) is 21.7. The highest BCUT2D eigenvalue weighted by atomic mass is 16.5. The van der Waals surface area contributed by atoms with E-state index in [0.717, 1.165) is 0 Å². The molecule has 128 valence electrons. The number of aromatic hydroxyl groups is 1. The number of hydrogen-bond acceptors (Lipinski definition) is 7. The van der Waals surface area contributed by atoms with Crippen molar-refractivity contribution in [3.63, 3.8) is 0 Å². The highest BCUT2D eigenvalue weighted by Gasteiger charge is 2.28. The Hall–Kier alpha value is -2.52. The van der Waals surface area contributed by atoms with Gasteiger partial charge in [-0.05, 0) is 0 Å². The van der Waals surface area contributed by atoms with Crippen LogP contribution in [-0.4, -0.2) is 41.5 Å². The van der Waals surface area contributed by atoms with Crippen LogP contribution in [0, 0.1) is 0 Å². The molecule has 0 aliphatic carbocycles. The second kappa shape index (κ2) is 7.65. The SMILES string of the molecule is COc1cc(OC)c(C(N)CC(=O)O)c(O)c1C(N)CC(=O)O. The number of carboxylic acids is 2. The third kappa shape index (κ3) is 4.24. The molecule has 23 heavy (non-hydrogen) atoms. The van der Waals surface area contributed by atoms with Crippen molar-refractivity contribution in [3.8, 4) is 17.2 Å². The van der Waals surface area contributed by atoms with Gasteiger partial charge in [0.15, 0.2) is 0 Å². The molecule has 1 rings (SSSR count). The Kier molecular flexibility index (Phi) is 6.17. The number of rotatable bonds is 8. The maximum Gasteiger partial charge on any atom is 0.305 e. The first-order valence-electron chi connectivity index (χ1n) is 6.65. The predicted molar refractivity (Wildman–Crippen MR) is 79.6 cm³/mol. The lowest BCUT2D eigenvalue weighted by molar-refractivity contribution is -0.138. The third-order valence-corrected chi connectivity index (χ3v) is 3.27. The van der Waals surface area contributed by atoms with Gasteiger partial charge in [0.05, 0.1) is 38.2 Å². The van der Waals surface area contributed by atoms with E-state index in [1.807, 2.05) is 0 Å². The van der Waals surface area contributed by atoms with Crippen molar-refractivity contribution in [1.82, 2.24) is 0 Å². The summed E-state index contributed by atoms with van der Waals surface area (Å²) >= 11 is 0. The molecule has 0 bridgehead atoms. The standard InChI is InChI=1S/C14H20N2O7/c1-22-8-5-9(23-2)13(7(16)4-11(19)20)14(21)12(8)6(15)3-10(17)18/h5-7,21H,3-4,15-16H2,1-2H3,(H,17,18)(H,19,20). The van der Waals surface area contributed by atoms with Crippen molar-refractivity contribution < 1.29 is 34.4 Å². The molecule has 0 fully saturated rings. The number of carbonyl (C=O) groups is 2. The Morgan fingerprint density at radius 3 is 1.61 bits per heavy atom. The maximum atomic E-state index is 10.9. The Balaban J connectivity index is 3.50. The van der Waals surface area contributed by atoms with E-state index in [0.29, 0.717) is 0 Å². The molecule has 0 saturated heterocycles. The van der Waals surface area contributed by atoms with Gasteiger partial charge in [0.2, 0.25) is 0 Å². The summed E-state index contributed by atoms with van der Waals surface area (Å²) < 4.78 is 10.2. The normalized spacial score (nSPS) is 13.2. The number of ether oxygens (including phenoxy) is 2. The zero-order valence-corrected chi connectivity index (χ0v) is 12.8. The van der Waals surface area contributed by atoms with E-state index < -0.39 is 42.6 Å². The fraction of sp³-hybridized carbons (Fsp3) is 0.429. The van der Waals surface area contributed by atoms with Crippen molar-refractivity contribution >= 4 is 11.9 Å². The van der Waals surface area contributed by atoms with Crippen LogP contribution >= 0.6 is 0 Å². The Labute approximate surface area is 132 Å². The zero-order chi connectivity index (χ0) is 17.7. The first-order chi connectivity index (χ1) is 10.7. The molecule has 0 spiro atoms. The smallest absolute Gasteiger partial charge is 0.305 e. The number of benzene rings is 1. The summed E-state index contributed by atoms with van der Waals surface area (Å²) in [6.07, 6.45) is -0.909. The molecular formula is C14H20N2O7. The van der Waals surface area contributed by atoms with Gasteiger partial charge in [0.1, 0.15) is 17.2 Å². The van der Waals surface area contributed by atoms with Gasteiger partial charge in [-0.25, -0.2) is 0 Å². The lowest BCUT2D eigenvalue weighted by Gasteiger charge is -2.23. The minimum Gasteiger partial charge on any atom is -0.507 e. The molecular weight excluding hydrogens is 308 g/mol. The topological polar surface area (TPSA) is 165 Å². The Morgan fingerprint density at radius 2 is 1.35 bits per heavy atom. The quantitative estimate of drug-likeness (QED) is 0.452. The number of aliphatic carboxylic acids is 2. The van der Waals surface area contributed by atoms with Crippen LogP contribution in [0.4, 0.5) is 0 Å². The lowest BCUT2D eigenvalue weighted by Crippen LogP contribution is -2.20.